The van der Waals surface area contributed by atoms with Gasteiger partial charge in [0.2, 0.25) is 0 Å². The Balaban J connectivity index is -0.00000000667. The van der Waals surface area contributed by atoms with Gasteiger partial charge in [0.15, 0.2) is 0 Å². The molecule has 0 rings (SSSR count). The topological polar surface area (TPSA) is 103 Å². The maximum atomic E-state index is 8.25. The molecule has 4 nitrogen and oxygen atoms in total. The van der Waals surface area contributed by atoms with Crippen LogP contribution in [-0.4, -0.2) is 18.3 Å². The van der Waals surface area contributed by atoms with Crippen molar-refractivity contribution in [1.82, 2.24) is 0 Å². The zero-order valence-electron chi connectivity index (χ0n) is 3.39. The third kappa shape index (κ3) is 62.4. The van der Waals surface area contributed by atoms with E-state index >= 15 is 0 Å². The Morgan fingerprint density at radius 2 is 1.33 bits per heavy atom. The van der Waals surface area contributed by atoms with E-state index in [2.05, 4.69) is 0 Å². The van der Waals surface area contributed by atoms with Gasteiger partial charge in [0.05, 0.1) is 0 Å². The minimum atomic E-state index is -0.500. The van der Waals surface area contributed by atoms with Crippen molar-refractivity contribution in [2.24, 2.45) is 0 Å². The minimum absolute atomic E-state index is 0. The van der Waals surface area contributed by atoms with Crippen molar-refractivity contribution in [3.8, 4) is 0 Å². The predicted octanol–water partition coefficient (Wildman–Crippen LogP) is -6.33. The molecule has 6 heavy (non-hydrogen) atoms. The maximum Gasteiger partial charge on any atom is 1.00 e. The molecule has 0 aromatic rings. The summed E-state index contributed by atoms with van der Waals surface area (Å²) in [5, 5.41) is 8.25. The molecule has 0 aromatic heterocycles. The summed E-state index contributed by atoms with van der Waals surface area (Å²) in [7, 11) is -0.500. The smallest absolute Gasteiger partial charge is 1.00 e. The van der Waals surface area contributed by atoms with E-state index in [0.717, 1.165) is 0 Å². The van der Waals surface area contributed by atoms with Gasteiger partial charge >= 0.3 is 68.5 Å². The molecule has 0 radical (unpaired) electrons. The van der Waals surface area contributed by atoms with E-state index in [1.807, 2.05) is 0 Å². The Morgan fingerprint density at radius 3 is 1.33 bits per heavy atom. The van der Waals surface area contributed by atoms with Gasteiger partial charge in [-0.2, -0.15) is 0 Å². The Bertz CT molecular complexity index is 15.0. The predicted molar refractivity (Wildman–Crippen MR) is 13.7 cm³/mol. The second-order valence-electron chi connectivity index (χ2n) is 0.0962. The molecule has 0 bridgehead atoms. The van der Waals surface area contributed by atoms with Gasteiger partial charge in [-0.25, -0.2) is 0 Å². The van der Waals surface area contributed by atoms with Crippen LogP contribution in [0.2, 0.25) is 0 Å². The number of hydrogen-bond acceptors (Lipinski definition) is 2. The average Bonchev–Trinajstić information content (AvgIpc) is 0.918. The molecule has 6 heteroatoms. The van der Waals surface area contributed by atoms with Gasteiger partial charge in [-0.05, 0) is 0 Å². The molecule has 32 valence electrons. The van der Waals surface area contributed by atoms with Crippen molar-refractivity contribution in [3.05, 3.63) is 0 Å². The first-order valence-electron chi connectivity index (χ1n) is 0.471. The Kier molecular flexibility index (Phi) is 154. The Morgan fingerprint density at radius 1 is 1.33 bits per heavy atom. The summed E-state index contributed by atoms with van der Waals surface area (Å²) in [4.78, 5) is 0. The zero-order valence-corrected chi connectivity index (χ0v) is 6.52. The minimum Gasteiger partial charge on any atom is 1.00 e. The molecule has 0 saturated carbocycles. The molecule has 4 N–H and O–H groups in total. The molecule has 0 spiro atoms. The van der Waals surface area contributed by atoms with Gasteiger partial charge in [-0.1, -0.05) is 0 Å². The van der Waals surface area contributed by atoms with Crippen LogP contribution in [0.3, 0.4) is 0 Å². The fraction of sp³-hybridized carbons (Fsp3) is 0. The van der Waals surface area contributed by atoms with E-state index < -0.39 is 7.35 Å². The SMILES string of the molecule is O.O.O=B[O-].[K+]. The van der Waals surface area contributed by atoms with Crippen LogP contribution < -0.4 is 56.4 Å². The van der Waals surface area contributed by atoms with E-state index in [1.54, 1.807) is 0 Å². The van der Waals surface area contributed by atoms with Crippen molar-refractivity contribution in [3.63, 3.8) is 0 Å². The van der Waals surface area contributed by atoms with Crippen molar-refractivity contribution in [2.75, 3.05) is 0 Å². The van der Waals surface area contributed by atoms with Crippen LogP contribution >= 0.6 is 0 Å². The average molecular weight is 118 g/mol. The van der Waals surface area contributed by atoms with E-state index in [0.29, 0.717) is 0 Å². The molecule has 0 amide bonds. The van der Waals surface area contributed by atoms with Crippen molar-refractivity contribution >= 4 is 7.35 Å². The molecule has 0 atom stereocenters. The van der Waals surface area contributed by atoms with Crippen LogP contribution in [0.15, 0.2) is 0 Å². The van der Waals surface area contributed by atoms with Crippen LogP contribution in [0.4, 0.5) is 0 Å². The summed E-state index contributed by atoms with van der Waals surface area (Å²) in [6.45, 7) is 0. The van der Waals surface area contributed by atoms with E-state index in [9.17, 15) is 0 Å². The second kappa shape index (κ2) is 34.4. The third-order valence-electron chi connectivity index (χ3n) is 0. The molecule has 0 unspecified atom stereocenters. The van der Waals surface area contributed by atoms with Crippen LogP contribution in [0, 0.1) is 0 Å². The molecule has 0 aromatic carbocycles. The molecule has 0 saturated heterocycles. The summed E-state index contributed by atoms with van der Waals surface area (Å²) in [6, 6.07) is 0. The molecule has 0 aliphatic rings. The summed E-state index contributed by atoms with van der Waals surface area (Å²) >= 11 is 0. The van der Waals surface area contributed by atoms with E-state index in [4.69, 9.17) is 9.73 Å². The third-order valence-corrected chi connectivity index (χ3v) is 0. The normalized spacial score (nSPS) is 1.33. The van der Waals surface area contributed by atoms with Crippen LogP contribution in [0.25, 0.3) is 0 Å². The van der Waals surface area contributed by atoms with Gasteiger partial charge < -0.3 is 11.0 Å². The van der Waals surface area contributed by atoms with Gasteiger partial charge in [-0.15, -0.1) is 0 Å². The molecule has 0 heterocycles. The summed E-state index contributed by atoms with van der Waals surface area (Å²) < 4.78 is 8.25. The van der Waals surface area contributed by atoms with E-state index in [1.165, 1.54) is 0 Å². The first-order chi connectivity index (χ1) is 1.41. The van der Waals surface area contributed by atoms with Gasteiger partial charge in [0, 0.05) is 0 Å². The monoisotopic (exact) mass is 118 g/mol. The maximum absolute atomic E-state index is 8.25. The summed E-state index contributed by atoms with van der Waals surface area (Å²) in [5.74, 6) is 0. The molecular formula is H4BKO4. The fourth-order valence-electron chi connectivity index (χ4n) is 0. The van der Waals surface area contributed by atoms with Crippen molar-refractivity contribution in [1.29, 1.82) is 0 Å². The van der Waals surface area contributed by atoms with E-state index in [-0.39, 0.29) is 62.3 Å². The standard InChI is InChI=1S/BO2.K.2H2O/c2-1-3;;;/h;;2*1H2/q-1;+1;;. The number of rotatable bonds is 0. The quantitative estimate of drug-likeness (QED) is 0.295. The first kappa shape index (κ1) is 26.9. The fourth-order valence-corrected chi connectivity index (χ4v) is 0. The Labute approximate surface area is 78.3 Å². The van der Waals surface area contributed by atoms with Gasteiger partial charge in [0.25, 0.3) is 0 Å². The van der Waals surface area contributed by atoms with Crippen LogP contribution in [-0.2, 0) is 4.70 Å². The first-order valence-corrected chi connectivity index (χ1v) is 0.471. The molecule has 0 aliphatic carbocycles. The van der Waals surface area contributed by atoms with Crippen LogP contribution in [0.5, 0.6) is 0 Å². The molecular weight excluding hydrogens is 114 g/mol. The van der Waals surface area contributed by atoms with Crippen molar-refractivity contribution < 1.29 is 72.1 Å². The summed E-state index contributed by atoms with van der Waals surface area (Å²) in [6.07, 6.45) is 0. The van der Waals surface area contributed by atoms with Crippen molar-refractivity contribution in [2.45, 2.75) is 0 Å². The number of hydrogen-bond donors (Lipinski definition) is 0. The largest absolute Gasteiger partial charge is 1.00 e. The summed E-state index contributed by atoms with van der Waals surface area (Å²) in [5.41, 5.74) is 0. The zero-order chi connectivity index (χ0) is 2.71. The molecule has 0 fully saturated rings. The van der Waals surface area contributed by atoms with Gasteiger partial charge in [-0.3, -0.25) is 0 Å². The van der Waals surface area contributed by atoms with Crippen LogP contribution in [0.1, 0.15) is 0 Å². The molecule has 0 aliphatic heterocycles. The Hall–Kier alpha value is 1.22. The second-order valence-corrected chi connectivity index (χ2v) is 0.0962. The van der Waals surface area contributed by atoms with Gasteiger partial charge in [0.1, 0.15) is 0 Å².